The standard InChI is InChI=1S/C12H24/c1-9(2)8-11(5)12(6,7)10(3)4/h9,11H,3,8H2,1-2,4-7H3. The normalized spacial score (nSPS) is 14.9. The maximum atomic E-state index is 4.06. The fourth-order valence-corrected chi connectivity index (χ4v) is 1.42. The van der Waals surface area contributed by atoms with Gasteiger partial charge in [-0.15, -0.1) is 0 Å². The van der Waals surface area contributed by atoms with Gasteiger partial charge in [0, 0.05) is 0 Å². The number of allylic oxidation sites excluding steroid dienone is 1. The van der Waals surface area contributed by atoms with Crippen LogP contribution in [0.1, 0.15) is 48.0 Å². The van der Waals surface area contributed by atoms with Crippen LogP contribution in [0.25, 0.3) is 0 Å². The summed E-state index contributed by atoms with van der Waals surface area (Å²) in [6.45, 7) is 17.7. The zero-order chi connectivity index (χ0) is 9.94. The largest absolute Gasteiger partial charge is 0.0996 e. The second-order valence-corrected chi connectivity index (χ2v) is 5.03. The van der Waals surface area contributed by atoms with Gasteiger partial charge in [0.2, 0.25) is 0 Å². The van der Waals surface area contributed by atoms with Crippen LogP contribution >= 0.6 is 0 Å². The highest BCUT2D eigenvalue weighted by Crippen LogP contribution is 2.36. The minimum absolute atomic E-state index is 0.296. The van der Waals surface area contributed by atoms with E-state index in [0.29, 0.717) is 5.41 Å². The lowest BCUT2D eigenvalue weighted by atomic mass is 9.72. The Bertz CT molecular complexity index is 151. The van der Waals surface area contributed by atoms with Gasteiger partial charge in [0.1, 0.15) is 0 Å². The van der Waals surface area contributed by atoms with Crippen LogP contribution in [0.5, 0.6) is 0 Å². The molecule has 0 aromatic rings. The first kappa shape index (κ1) is 11.7. The summed E-state index contributed by atoms with van der Waals surface area (Å²) < 4.78 is 0. The van der Waals surface area contributed by atoms with Crippen LogP contribution < -0.4 is 0 Å². The van der Waals surface area contributed by atoms with Crippen molar-refractivity contribution in [3.63, 3.8) is 0 Å². The molecule has 0 radical (unpaired) electrons. The number of hydrogen-bond donors (Lipinski definition) is 0. The van der Waals surface area contributed by atoms with E-state index in [9.17, 15) is 0 Å². The third-order valence-electron chi connectivity index (χ3n) is 3.16. The second kappa shape index (κ2) is 4.11. The summed E-state index contributed by atoms with van der Waals surface area (Å²) >= 11 is 0. The van der Waals surface area contributed by atoms with Gasteiger partial charge in [-0.1, -0.05) is 46.8 Å². The Labute approximate surface area is 78.1 Å². The fourth-order valence-electron chi connectivity index (χ4n) is 1.42. The average molecular weight is 168 g/mol. The van der Waals surface area contributed by atoms with E-state index in [-0.39, 0.29) is 0 Å². The zero-order valence-corrected chi connectivity index (χ0v) is 9.57. The van der Waals surface area contributed by atoms with Crippen LogP contribution in [0.15, 0.2) is 12.2 Å². The van der Waals surface area contributed by atoms with Crippen LogP contribution in [-0.2, 0) is 0 Å². The summed E-state index contributed by atoms with van der Waals surface area (Å²) in [6.07, 6.45) is 1.29. The Morgan fingerprint density at radius 2 is 1.67 bits per heavy atom. The highest BCUT2D eigenvalue weighted by Gasteiger charge is 2.26. The Morgan fingerprint density at radius 1 is 1.25 bits per heavy atom. The van der Waals surface area contributed by atoms with Crippen LogP contribution in [0.2, 0.25) is 0 Å². The molecule has 72 valence electrons. The summed E-state index contributed by atoms with van der Waals surface area (Å²) in [5.41, 5.74) is 1.60. The lowest BCUT2D eigenvalue weighted by Crippen LogP contribution is -2.23. The van der Waals surface area contributed by atoms with E-state index in [0.717, 1.165) is 11.8 Å². The summed E-state index contributed by atoms with van der Waals surface area (Å²) in [6, 6.07) is 0. The maximum Gasteiger partial charge on any atom is -0.0124 e. The van der Waals surface area contributed by atoms with Gasteiger partial charge in [0.25, 0.3) is 0 Å². The molecule has 0 fully saturated rings. The van der Waals surface area contributed by atoms with Crippen molar-refractivity contribution in [2.45, 2.75) is 48.0 Å². The molecule has 0 saturated heterocycles. The van der Waals surface area contributed by atoms with E-state index in [1.54, 1.807) is 0 Å². The minimum atomic E-state index is 0.296. The molecule has 1 unspecified atom stereocenters. The molecule has 0 rings (SSSR count). The minimum Gasteiger partial charge on any atom is -0.0996 e. The van der Waals surface area contributed by atoms with Crippen LogP contribution in [0.4, 0.5) is 0 Å². The van der Waals surface area contributed by atoms with Crippen molar-refractivity contribution < 1.29 is 0 Å². The molecule has 0 nitrogen and oxygen atoms in total. The Hall–Kier alpha value is -0.260. The van der Waals surface area contributed by atoms with Crippen molar-refractivity contribution in [1.29, 1.82) is 0 Å². The first-order valence-electron chi connectivity index (χ1n) is 4.94. The van der Waals surface area contributed by atoms with Gasteiger partial charge in [-0.2, -0.15) is 0 Å². The molecule has 0 aliphatic carbocycles. The molecule has 1 atom stereocenters. The molecule has 0 aliphatic heterocycles. The lowest BCUT2D eigenvalue weighted by Gasteiger charge is -2.33. The van der Waals surface area contributed by atoms with E-state index < -0.39 is 0 Å². The first-order valence-corrected chi connectivity index (χ1v) is 4.94. The maximum absolute atomic E-state index is 4.06. The van der Waals surface area contributed by atoms with Gasteiger partial charge >= 0.3 is 0 Å². The van der Waals surface area contributed by atoms with Crippen molar-refractivity contribution in [3.8, 4) is 0 Å². The van der Waals surface area contributed by atoms with Gasteiger partial charge < -0.3 is 0 Å². The van der Waals surface area contributed by atoms with E-state index in [2.05, 4.69) is 48.1 Å². The van der Waals surface area contributed by atoms with Gasteiger partial charge in [-0.3, -0.25) is 0 Å². The zero-order valence-electron chi connectivity index (χ0n) is 9.57. The molecule has 0 N–H and O–H groups in total. The molecule has 12 heavy (non-hydrogen) atoms. The Morgan fingerprint density at radius 3 is 1.92 bits per heavy atom. The summed E-state index contributed by atoms with van der Waals surface area (Å²) in [7, 11) is 0. The van der Waals surface area contributed by atoms with Crippen LogP contribution in [-0.4, -0.2) is 0 Å². The van der Waals surface area contributed by atoms with E-state index in [1.165, 1.54) is 12.0 Å². The third kappa shape index (κ3) is 3.00. The molecule has 0 bridgehead atoms. The van der Waals surface area contributed by atoms with Crippen molar-refractivity contribution in [3.05, 3.63) is 12.2 Å². The first-order chi connectivity index (χ1) is 5.28. The molecule has 0 heterocycles. The van der Waals surface area contributed by atoms with Gasteiger partial charge in [0.15, 0.2) is 0 Å². The average Bonchev–Trinajstić information content (AvgIpc) is 1.85. The second-order valence-electron chi connectivity index (χ2n) is 5.03. The molecule has 0 amide bonds. The molecule has 0 saturated carbocycles. The highest BCUT2D eigenvalue weighted by molar-refractivity contribution is 5.05. The Kier molecular flexibility index (Phi) is 4.02. The van der Waals surface area contributed by atoms with E-state index in [1.807, 2.05) is 0 Å². The quantitative estimate of drug-likeness (QED) is 0.550. The lowest BCUT2D eigenvalue weighted by molar-refractivity contribution is 0.245. The number of rotatable bonds is 4. The fraction of sp³-hybridized carbons (Fsp3) is 0.833. The Balaban J connectivity index is 4.25. The predicted molar refractivity (Wildman–Crippen MR) is 57.2 cm³/mol. The molecular formula is C12H24. The van der Waals surface area contributed by atoms with E-state index >= 15 is 0 Å². The van der Waals surface area contributed by atoms with Crippen molar-refractivity contribution >= 4 is 0 Å². The van der Waals surface area contributed by atoms with Crippen LogP contribution in [0.3, 0.4) is 0 Å². The monoisotopic (exact) mass is 168 g/mol. The van der Waals surface area contributed by atoms with Gasteiger partial charge in [-0.25, -0.2) is 0 Å². The van der Waals surface area contributed by atoms with E-state index in [4.69, 9.17) is 0 Å². The van der Waals surface area contributed by atoms with Gasteiger partial charge in [0.05, 0.1) is 0 Å². The molecule has 0 aromatic heterocycles. The highest BCUT2D eigenvalue weighted by atomic mass is 14.3. The smallest absolute Gasteiger partial charge is 0.0124 e. The SMILES string of the molecule is C=C(C)C(C)(C)C(C)CC(C)C. The molecular weight excluding hydrogens is 144 g/mol. The van der Waals surface area contributed by atoms with Crippen molar-refractivity contribution in [1.82, 2.24) is 0 Å². The topological polar surface area (TPSA) is 0 Å². The third-order valence-corrected chi connectivity index (χ3v) is 3.16. The van der Waals surface area contributed by atoms with Crippen LogP contribution in [0, 0.1) is 17.3 Å². The van der Waals surface area contributed by atoms with Crippen molar-refractivity contribution in [2.24, 2.45) is 17.3 Å². The summed E-state index contributed by atoms with van der Waals surface area (Å²) in [5, 5.41) is 0. The van der Waals surface area contributed by atoms with Gasteiger partial charge in [-0.05, 0) is 30.6 Å². The molecule has 0 aliphatic rings. The summed E-state index contributed by atoms with van der Waals surface area (Å²) in [4.78, 5) is 0. The molecule has 0 aromatic carbocycles. The van der Waals surface area contributed by atoms with Crippen molar-refractivity contribution in [2.75, 3.05) is 0 Å². The summed E-state index contributed by atoms with van der Waals surface area (Å²) in [5.74, 6) is 1.52. The predicted octanol–water partition coefficient (Wildman–Crippen LogP) is 4.27. The number of hydrogen-bond acceptors (Lipinski definition) is 0. The molecule has 0 heteroatoms. The molecule has 0 spiro atoms.